The van der Waals surface area contributed by atoms with Crippen molar-refractivity contribution in [3.05, 3.63) is 22.2 Å². The fraction of sp³-hybridized carbons (Fsp3) is 0.667. The molecule has 0 spiro atoms. The minimum Gasteiger partial charge on any atom is -0.381 e. The summed E-state index contributed by atoms with van der Waals surface area (Å²) in [5.41, 5.74) is 2.34. The van der Waals surface area contributed by atoms with Gasteiger partial charge in [-0.2, -0.15) is 0 Å². The Hall–Kier alpha value is -0.670. The molecule has 4 heteroatoms. The maximum Gasteiger partial charge on any atom is 0.136 e. The Morgan fingerprint density at radius 3 is 2.94 bits per heavy atom. The fourth-order valence-corrected chi connectivity index (χ4v) is 2.82. The third-order valence-electron chi connectivity index (χ3n) is 3.43. The Bertz CT molecular complexity index is 402. The first-order valence-corrected chi connectivity index (χ1v) is 6.35. The van der Waals surface area contributed by atoms with Crippen LogP contribution in [-0.2, 0) is 17.6 Å². The second-order valence-corrected chi connectivity index (χ2v) is 4.92. The highest BCUT2D eigenvalue weighted by Gasteiger charge is 2.23. The summed E-state index contributed by atoms with van der Waals surface area (Å²) in [4.78, 5) is 9.11. The van der Waals surface area contributed by atoms with Crippen LogP contribution in [0.3, 0.4) is 0 Å². The quantitative estimate of drug-likeness (QED) is 0.706. The number of rotatable bonds is 1. The standard InChI is InChI=1S/C12H15ClN2O/c13-11-9-4-1-5-10(9)14-12(15-11)8-3-2-6-16-7-8/h8H,1-7H2. The summed E-state index contributed by atoms with van der Waals surface area (Å²) in [5.74, 6) is 1.24. The van der Waals surface area contributed by atoms with Gasteiger partial charge in [0.25, 0.3) is 0 Å². The van der Waals surface area contributed by atoms with Crippen LogP contribution in [0.1, 0.15) is 42.3 Å². The monoisotopic (exact) mass is 238 g/mol. The SMILES string of the molecule is Clc1nc(C2CCCOC2)nc2c1CCC2. The molecule has 16 heavy (non-hydrogen) atoms. The molecule has 0 amide bonds. The van der Waals surface area contributed by atoms with Gasteiger partial charge in [-0.1, -0.05) is 11.6 Å². The van der Waals surface area contributed by atoms with Gasteiger partial charge in [-0.25, -0.2) is 9.97 Å². The lowest BCUT2D eigenvalue weighted by Gasteiger charge is -2.21. The minimum atomic E-state index is 0.345. The van der Waals surface area contributed by atoms with E-state index >= 15 is 0 Å². The number of aromatic nitrogens is 2. The maximum atomic E-state index is 6.20. The zero-order valence-corrected chi connectivity index (χ0v) is 9.96. The van der Waals surface area contributed by atoms with Crippen LogP contribution >= 0.6 is 11.6 Å². The number of ether oxygens (including phenoxy) is 1. The smallest absolute Gasteiger partial charge is 0.136 e. The van der Waals surface area contributed by atoms with Gasteiger partial charge in [-0.3, -0.25) is 0 Å². The number of nitrogens with zero attached hydrogens (tertiary/aromatic N) is 2. The summed E-state index contributed by atoms with van der Waals surface area (Å²) in [6.45, 7) is 1.62. The first kappa shape index (κ1) is 10.5. The Labute approximate surface area is 100 Å². The van der Waals surface area contributed by atoms with Gasteiger partial charge < -0.3 is 4.74 Å². The molecule has 1 atom stereocenters. The fourth-order valence-electron chi connectivity index (χ4n) is 2.53. The van der Waals surface area contributed by atoms with Crippen molar-refractivity contribution >= 4 is 11.6 Å². The molecule has 2 heterocycles. The van der Waals surface area contributed by atoms with E-state index in [0.29, 0.717) is 11.1 Å². The van der Waals surface area contributed by atoms with Gasteiger partial charge in [0.15, 0.2) is 0 Å². The van der Waals surface area contributed by atoms with Gasteiger partial charge in [0, 0.05) is 23.8 Å². The molecular formula is C12H15ClN2O. The topological polar surface area (TPSA) is 35.0 Å². The van der Waals surface area contributed by atoms with Crippen molar-refractivity contribution in [3.63, 3.8) is 0 Å². The molecule has 1 unspecified atom stereocenters. The molecule has 1 aliphatic carbocycles. The molecule has 86 valence electrons. The third kappa shape index (κ3) is 1.82. The van der Waals surface area contributed by atoms with E-state index in [9.17, 15) is 0 Å². The normalized spacial score (nSPS) is 24.4. The Kier molecular flexibility index (Phi) is 2.82. The highest BCUT2D eigenvalue weighted by Crippen LogP contribution is 2.30. The van der Waals surface area contributed by atoms with Gasteiger partial charge >= 0.3 is 0 Å². The van der Waals surface area contributed by atoms with Crippen LogP contribution < -0.4 is 0 Å². The van der Waals surface area contributed by atoms with Crippen LogP contribution in [-0.4, -0.2) is 23.2 Å². The van der Waals surface area contributed by atoms with E-state index in [1.165, 1.54) is 11.3 Å². The van der Waals surface area contributed by atoms with E-state index in [1.807, 2.05) is 0 Å². The number of fused-ring (bicyclic) bond motifs is 1. The lowest BCUT2D eigenvalue weighted by Crippen LogP contribution is -2.18. The second-order valence-electron chi connectivity index (χ2n) is 4.57. The molecule has 3 nitrogen and oxygen atoms in total. The molecule has 0 bridgehead atoms. The molecule has 1 aromatic heterocycles. The van der Waals surface area contributed by atoms with E-state index in [1.54, 1.807) is 0 Å². The first-order chi connectivity index (χ1) is 7.84. The van der Waals surface area contributed by atoms with Crippen molar-refractivity contribution in [3.8, 4) is 0 Å². The summed E-state index contributed by atoms with van der Waals surface area (Å²) in [7, 11) is 0. The van der Waals surface area contributed by atoms with Gasteiger partial charge in [0.2, 0.25) is 0 Å². The minimum absolute atomic E-state index is 0.345. The largest absolute Gasteiger partial charge is 0.381 e. The molecule has 1 aliphatic heterocycles. The average molecular weight is 239 g/mol. The van der Waals surface area contributed by atoms with Crippen molar-refractivity contribution in [2.45, 2.75) is 38.0 Å². The van der Waals surface area contributed by atoms with E-state index in [2.05, 4.69) is 9.97 Å². The van der Waals surface area contributed by atoms with E-state index in [4.69, 9.17) is 16.3 Å². The van der Waals surface area contributed by atoms with Gasteiger partial charge in [0.05, 0.1) is 6.61 Å². The third-order valence-corrected chi connectivity index (χ3v) is 3.74. The summed E-state index contributed by atoms with van der Waals surface area (Å²) in [5, 5.41) is 0.670. The predicted octanol–water partition coefficient (Wildman–Crippen LogP) is 2.51. The molecule has 1 aromatic rings. The van der Waals surface area contributed by atoms with Crippen molar-refractivity contribution in [2.75, 3.05) is 13.2 Å². The first-order valence-electron chi connectivity index (χ1n) is 5.97. The van der Waals surface area contributed by atoms with Crippen LogP contribution in [0.5, 0.6) is 0 Å². The van der Waals surface area contributed by atoms with Crippen LogP contribution in [0.25, 0.3) is 0 Å². The Morgan fingerprint density at radius 2 is 2.12 bits per heavy atom. The average Bonchev–Trinajstić information content (AvgIpc) is 2.79. The molecule has 1 fully saturated rings. The van der Waals surface area contributed by atoms with Gasteiger partial charge in [0.1, 0.15) is 11.0 Å². The Balaban J connectivity index is 1.92. The van der Waals surface area contributed by atoms with Crippen LogP contribution in [0.15, 0.2) is 0 Å². The van der Waals surface area contributed by atoms with Gasteiger partial charge in [-0.15, -0.1) is 0 Å². The summed E-state index contributed by atoms with van der Waals surface area (Å²) in [6, 6.07) is 0. The van der Waals surface area contributed by atoms with E-state index in [-0.39, 0.29) is 0 Å². The zero-order valence-electron chi connectivity index (χ0n) is 9.21. The van der Waals surface area contributed by atoms with E-state index < -0.39 is 0 Å². The van der Waals surface area contributed by atoms with Crippen molar-refractivity contribution in [2.24, 2.45) is 0 Å². The highest BCUT2D eigenvalue weighted by molar-refractivity contribution is 6.30. The van der Waals surface area contributed by atoms with Crippen LogP contribution in [0.2, 0.25) is 5.15 Å². The molecular weight excluding hydrogens is 224 g/mol. The van der Waals surface area contributed by atoms with E-state index in [0.717, 1.165) is 51.1 Å². The zero-order chi connectivity index (χ0) is 11.0. The molecule has 0 N–H and O–H groups in total. The predicted molar refractivity (Wildman–Crippen MR) is 61.9 cm³/mol. The van der Waals surface area contributed by atoms with Crippen molar-refractivity contribution in [1.29, 1.82) is 0 Å². The summed E-state index contributed by atoms with van der Waals surface area (Å²) in [6.07, 6.45) is 5.47. The van der Waals surface area contributed by atoms with Crippen molar-refractivity contribution in [1.82, 2.24) is 9.97 Å². The van der Waals surface area contributed by atoms with Crippen LogP contribution in [0, 0.1) is 0 Å². The number of aryl methyl sites for hydroxylation is 1. The van der Waals surface area contributed by atoms with Crippen LogP contribution in [0.4, 0.5) is 0 Å². The summed E-state index contributed by atoms with van der Waals surface area (Å²) >= 11 is 6.20. The number of hydrogen-bond acceptors (Lipinski definition) is 3. The lowest BCUT2D eigenvalue weighted by atomic mass is 10.0. The number of halogens is 1. The molecule has 0 radical (unpaired) electrons. The second kappa shape index (κ2) is 4.30. The lowest BCUT2D eigenvalue weighted by molar-refractivity contribution is 0.0780. The Morgan fingerprint density at radius 1 is 1.19 bits per heavy atom. The van der Waals surface area contributed by atoms with Crippen molar-refractivity contribution < 1.29 is 4.74 Å². The maximum absolute atomic E-state index is 6.20. The van der Waals surface area contributed by atoms with Gasteiger partial charge in [-0.05, 0) is 32.1 Å². The molecule has 3 rings (SSSR count). The molecule has 1 saturated heterocycles. The molecule has 0 saturated carbocycles. The molecule has 0 aromatic carbocycles. The number of hydrogen-bond donors (Lipinski definition) is 0. The highest BCUT2D eigenvalue weighted by atomic mass is 35.5. The summed E-state index contributed by atoms with van der Waals surface area (Å²) < 4.78 is 5.47. The molecule has 2 aliphatic rings.